The molecule has 5 heterocycles. The number of hydrogen-bond acceptors (Lipinski definition) is 6. The largest absolute Gasteiger partial charge is 0.379 e. The summed E-state index contributed by atoms with van der Waals surface area (Å²) in [4.78, 5) is 24.3. The van der Waals surface area contributed by atoms with Crippen molar-refractivity contribution in [1.82, 2.24) is 20.1 Å². The number of nitrogens with one attached hydrogen (secondary N) is 1. The third-order valence-corrected chi connectivity index (χ3v) is 8.12. The molecule has 7 nitrogen and oxygen atoms in total. The van der Waals surface area contributed by atoms with Crippen molar-refractivity contribution in [2.45, 2.75) is 25.4 Å². The standard InChI is InChI=1S/C26H30N4O3S/c31-26(28-20-16-33-17-20)30-7-5-18(6-8-30)22-2-3-24-23(22)13-19(14-27-24)25-4-1-21(34-25)15-29-9-11-32-12-10-29/h1-2,4-5,13-14,20H,3,6-12,15-17H2,(H,28,31). The summed E-state index contributed by atoms with van der Waals surface area (Å²) < 4.78 is 10.6. The number of nitrogens with zero attached hydrogens (tertiary/aromatic N) is 3. The minimum atomic E-state index is 0.0129. The van der Waals surface area contributed by atoms with Gasteiger partial charge >= 0.3 is 6.03 Å². The number of allylic oxidation sites excluding steroid dienone is 2. The molecule has 0 unspecified atom stereocenters. The van der Waals surface area contributed by atoms with Gasteiger partial charge in [-0.1, -0.05) is 12.2 Å². The van der Waals surface area contributed by atoms with Gasteiger partial charge in [0, 0.05) is 66.2 Å². The summed E-state index contributed by atoms with van der Waals surface area (Å²) in [5, 5.41) is 3.04. The van der Waals surface area contributed by atoms with Crippen LogP contribution in [0.3, 0.4) is 0 Å². The molecular weight excluding hydrogens is 448 g/mol. The van der Waals surface area contributed by atoms with Gasteiger partial charge in [-0.25, -0.2) is 4.79 Å². The Bertz CT molecular complexity index is 1130. The summed E-state index contributed by atoms with van der Waals surface area (Å²) in [6.45, 7) is 7.28. The number of fused-ring (bicyclic) bond motifs is 1. The maximum atomic E-state index is 12.5. The van der Waals surface area contributed by atoms with Crippen LogP contribution in [-0.2, 0) is 22.4 Å². The maximum absolute atomic E-state index is 12.5. The van der Waals surface area contributed by atoms with Gasteiger partial charge < -0.3 is 19.7 Å². The summed E-state index contributed by atoms with van der Waals surface area (Å²) in [6, 6.07) is 6.96. The van der Waals surface area contributed by atoms with Gasteiger partial charge in [-0.2, -0.15) is 0 Å². The molecule has 178 valence electrons. The van der Waals surface area contributed by atoms with E-state index in [1.807, 2.05) is 22.4 Å². The number of pyridine rings is 1. The van der Waals surface area contributed by atoms with Crippen LogP contribution in [-0.4, -0.2) is 79.5 Å². The fourth-order valence-electron chi connectivity index (χ4n) is 4.92. The minimum absolute atomic E-state index is 0.0129. The van der Waals surface area contributed by atoms with Crippen molar-refractivity contribution in [3.05, 3.63) is 58.3 Å². The molecule has 1 aliphatic carbocycles. The van der Waals surface area contributed by atoms with E-state index in [9.17, 15) is 4.79 Å². The quantitative estimate of drug-likeness (QED) is 0.714. The number of amides is 2. The molecule has 0 saturated carbocycles. The van der Waals surface area contributed by atoms with Crippen molar-refractivity contribution >= 4 is 22.9 Å². The molecule has 3 aliphatic heterocycles. The highest BCUT2D eigenvalue weighted by atomic mass is 32.1. The van der Waals surface area contributed by atoms with Crippen molar-refractivity contribution in [2.75, 3.05) is 52.6 Å². The van der Waals surface area contributed by atoms with Gasteiger partial charge in [0.25, 0.3) is 0 Å². The van der Waals surface area contributed by atoms with Crippen molar-refractivity contribution in [3.8, 4) is 10.4 Å². The predicted octanol–water partition coefficient (Wildman–Crippen LogP) is 3.32. The zero-order chi connectivity index (χ0) is 22.9. The van der Waals surface area contributed by atoms with Crippen LogP contribution in [0, 0.1) is 0 Å². The summed E-state index contributed by atoms with van der Waals surface area (Å²) in [5.41, 5.74) is 6.20. The number of morpholine rings is 1. The summed E-state index contributed by atoms with van der Waals surface area (Å²) in [7, 11) is 0. The highest BCUT2D eigenvalue weighted by Gasteiger charge is 2.27. The Morgan fingerprint density at radius 3 is 2.79 bits per heavy atom. The van der Waals surface area contributed by atoms with E-state index in [1.54, 1.807) is 0 Å². The zero-order valence-electron chi connectivity index (χ0n) is 19.3. The molecule has 0 radical (unpaired) electrons. The highest BCUT2D eigenvalue weighted by Crippen LogP contribution is 2.38. The average Bonchev–Trinajstić information content (AvgIpc) is 3.49. The van der Waals surface area contributed by atoms with Gasteiger partial charge in [0.05, 0.1) is 38.2 Å². The number of hydrogen-bond donors (Lipinski definition) is 1. The Hall–Kier alpha value is -2.52. The third-order valence-electron chi connectivity index (χ3n) is 7.00. The summed E-state index contributed by atoms with van der Waals surface area (Å²) in [6.07, 6.45) is 8.27. The first-order valence-corrected chi connectivity index (χ1v) is 13.0. The van der Waals surface area contributed by atoms with Gasteiger partial charge in [-0.05, 0) is 35.8 Å². The molecule has 1 N–H and O–H groups in total. The number of ether oxygens (including phenoxy) is 2. The number of urea groups is 1. The molecular formula is C26H30N4O3S. The van der Waals surface area contributed by atoms with Gasteiger partial charge in [0.15, 0.2) is 0 Å². The predicted molar refractivity (Wildman–Crippen MR) is 133 cm³/mol. The van der Waals surface area contributed by atoms with Crippen molar-refractivity contribution in [3.63, 3.8) is 0 Å². The number of rotatable bonds is 5. The number of carbonyl (C=O) groups is 1. The van der Waals surface area contributed by atoms with Crippen molar-refractivity contribution in [2.24, 2.45) is 0 Å². The molecule has 0 bridgehead atoms. The van der Waals surface area contributed by atoms with Crippen LogP contribution in [0.2, 0.25) is 0 Å². The van der Waals surface area contributed by atoms with Gasteiger partial charge in [-0.3, -0.25) is 9.88 Å². The normalized spacial score (nSPS) is 21.0. The van der Waals surface area contributed by atoms with E-state index in [2.05, 4.69) is 40.6 Å². The lowest BCUT2D eigenvalue weighted by Crippen LogP contribution is -2.53. The second-order valence-electron chi connectivity index (χ2n) is 9.30. The minimum Gasteiger partial charge on any atom is -0.379 e. The first-order chi connectivity index (χ1) is 16.7. The van der Waals surface area contributed by atoms with E-state index in [4.69, 9.17) is 14.5 Å². The fraction of sp³-hybridized carbons (Fsp3) is 0.462. The Morgan fingerprint density at radius 2 is 2.03 bits per heavy atom. The second-order valence-corrected chi connectivity index (χ2v) is 10.5. The number of carbonyl (C=O) groups excluding carboxylic acids is 1. The molecule has 34 heavy (non-hydrogen) atoms. The molecule has 0 spiro atoms. The Morgan fingerprint density at radius 1 is 1.15 bits per heavy atom. The van der Waals surface area contributed by atoms with Crippen LogP contribution in [0.5, 0.6) is 0 Å². The topological polar surface area (TPSA) is 66.9 Å². The lowest BCUT2D eigenvalue weighted by atomic mass is 9.95. The zero-order valence-corrected chi connectivity index (χ0v) is 20.1. The molecule has 0 aromatic carbocycles. The molecule has 0 atom stereocenters. The van der Waals surface area contributed by atoms with Crippen LogP contribution in [0.1, 0.15) is 22.6 Å². The van der Waals surface area contributed by atoms with Crippen molar-refractivity contribution in [1.29, 1.82) is 0 Å². The second kappa shape index (κ2) is 9.62. The monoisotopic (exact) mass is 478 g/mol. The van der Waals surface area contributed by atoms with Gasteiger partial charge in [0.1, 0.15) is 0 Å². The van der Waals surface area contributed by atoms with Gasteiger partial charge in [0.2, 0.25) is 0 Å². The lowest BCUT2D eigenvalue weighted by Gasteiger charge is -2.32. The SMILES string of the molecule is O=C(NC1COC1)N1CC=C(C2=CCc3ncc(-c4ccc(CN5CCOCC5)s4)cc32)CC1. The van der Waals surface area contributed by atoms with Crippen LogP contribution in [0.4, 0.5) is 4.79 Å². The summed E-state index contributed by atoms with van der Waals surface area (Å²) >= 11 is 1.86. The Labute approximate surface area is 204 Å². The van der Waals surface area contributed by atoms with E-state index in [0.29, 0.717) is 19.8 Å². The molecule has 8 heteroatoms. The van der Waals surface area contributed by atoms with E-state index < -0.39 is 0 Å². The molecule has 6 rings (SSSR count). The van der Waals surface area contributed by atoms with E-state index >= 15 is 0 Å². The molecule has 2 aromatic rings. The van der Waals surface area contributed by atoms with Crippen LogP contribution in [0.15, 0.2) is 42.1 Å². The van der Waals surface area contributed by atoms with Gasteiger partial charge in [-0.15, -0.1) is 11.3 Å². The molecule has 4 aliphatic rings. The first-order valence-electron chi connectivity index (χ1n) is 12.1. The highest BCUT2D eigenvalue weighted by molar-refractivity contribution is 7.15. The summed E-state index contributed by atoms with van der Waals surface area (Å²) in [5.74, 6) is 0. The van der Waals surface area contributed by atoms with Crippen LogP contribution in [0.25, 0.3) is 16.0 Å². The maximum Gasteiger partial charge on any atom is 0.318 e. The van der Waals surface area contributed by atoms with Crippen LogP contribution < -0.4 is 5.32 Å². The average molecular weight is 479 g/mol. The third kappa shape index (κ3) is 4.55. The number of aromatic nitrogens is 1. The van der Waals surface area contributed by atoms with Crippen molar-refractivity contribution < 1.29 is 14.3 Å². The van der Waals surface area contributed by atoms with E-state index in [1.165, 1.54) is 32.0 Å². The van der Waals surface area contributed by atoms with E-state index in [0.717, 1.165) is 57.9 Å². The Balaban J connectivity index is 1.14. The molecule has 2 saturated heterocycles. The van der Waals surface area contributed by atoms with E-state index in [-0.39, 0.29) is 12.1 Å². The Kier molecular flexibility index (Phi) is 6.22. The molecule has 2 aromatic heterocycles. The lowest BCUT2D eigenvalue weighted by molar-refractivity contribution is -0.00190. The van der Waals surface area contributed by atoms with Crippen LogP contribution >= 0.6 is 11.3 Å². The fourth-order valence-corrected chi connectivity index (χ4v) is 5.95. The first kappa shape index (κ1) is 22.0. The number of thiophene rings is 1. The molecule has 2 fully saturated rings. The molecule has 2 amide bonds. The smallest absolute Gasteiger partial charge is 0.318 e.